The van der Waals surface area contributed by atoms with Gasteiger partial charge in [0.15, 0.2) is 11.5 Å². The molecule has 140 valence electrons. The smallest absolute Gasteiger partial charge is 0.217 e. The quantitative estimate of drug-likeness (QED) is 0.643. The highest BCUT2D eigenvalue weighted by Gasteiger charge is 2.35. The van der Waals surface area contributed by atoms with Gasteiger partial charge in [0, 0.05) is 18.4 Å². The molecular formula is C22H23FN2O2. The lowest BCUT2D eigenvalue weighted by Gasteiger charge is -2.20. The van der Waals surface area contributed by atoms with Gasteiger partial charge in [-0.15, -0.1) is 0 Å². The van der Waals surface area contributed by atoms with E-state index in [4.69, 9.17) is 10.2 Å². The normalized spacial score (nSPS) is 15.2. The number of hydrogen-bond acceptors (Lipinski definition) is 3. The van der Waals surface area contributed by atoms with Crippen LogP contribution >= 0.6 is 0 Å². The van der Waals surface area contributed by atoms with E-state index in [1.807, 2.05) is 19.1 Å². The van der Waals surface area contributed by atoms with Gasteiger partial charge in [0.2, 0.25) is 5.91 Å². The molecule has 1 amide bonds. The Labute approximate surface area is 157 Å². The van der Waals surface area contributed by atoms with Gasteiger partial charge in [0.25, 0.3) is 0 Å². The molecule has 1 heterocycles. The largest absolute Gasteiger partial charge is 0.440 e. The maximum Gasteiger partial charge on any atom is 0.217 e. The lowest BCUT2D eigenvalue weighted by molar-refractivity contribution is -0.118. The van der Waals surface area contributed by atoms with Crippen LogP contribution in [0.5, 0.6) is 0 Å². The Morgan fingerprint density at radius 2 is 2.00 bits per heavy atom. The molecule has 1 aliphatic carbocycles. The van der Waals surface area contributed by atoms with E-state index in [0.717, 1.165) is 47.1 Å². The van der Waals surface area contributed by atoms with Crippen molar-refractivity contribution < 1.29 is 13.6 Å². The summed E-state index contributed by atoms with van der Waals surface area (Å²) in [5, 5.41) is 0. The van der Waals surface area contributed by atoms with E-state index in [1.165, 1.54) is 12.1 Å². The van der Waals surface area contributed by atoms with E-state index >= 15 is 0 Å². The minimum Gasteiger partial charge on any atom is -0.440 e. The average molecular weight is 366 g/mol. The maximum atomic E-state index is 13.4. The number of oxazole rings is 1. The second kappa shape index (κ2) is 7.14. The Hall–Kier alpha value is -2.69. The average Bonchev–Trinajstić information content (AvgIpc) is 3.40. The standard InChI is InChI=1S/C22H23FN2O2/c1-2-20-25-18-11-9-16(14-5-7-15(23)8-6-14)21(22(18)27-20)17(13-3-4-13)10-12-19(24)26/h5-9,11,13,17H,2-4,10,12H2,1H3,(H2,24,26). The Bertz CT molecular complexity index is 974. The molecule has 3 aromatic rings. The predicted molar refractivity (Wildman–Crippen MR) is 103 cm³/mol. The maximum absolute atomic E-state index is 13.4. The van der Waals surface area contributed by atoms with Crippen LogP contribution in [0.1, 0.15) is 50.0 Å². The molecule has 27 heavy (non-hydrogen) atoms. The van der Waals surface area contributed by atoms with Crippen LogP contribution in [0.3, 0.4) is 0 Å². The van der Waals surface area contributed by atoms with Crippen LogP contribution in [0, 0.1) is 11.7 Å². The van der Waals surface area contributed by atoms with E-state index in [2.05, 4.69) is 4.98 Å². The lowest BCUT2D eigenvalue weighted by atomic mass is 9.84. The molecule has 0 radical (unpaired) electrons. The third kappa shape index (κ3) is 3.59. The molecule has 4 nitrogen and oxygen atoms in total. The third-order valence-electron chi connectivity index (χ3n) is 5.36. The number of aryl methyl sites for hydroxylation is 1. The topological polar surface area (TPSA) is 69.1 Å². The first-order valence-corrected chi connectivity index (χ1v) is 9.53. The van der Waals surface area contributed by atoms with E-state index in [0.29, 0.717) is 24.7 Å². The van der Waals surface area contributed by atoms with Gasteiger partial charge in [-0.25, -0.2) is 9.37 Å². The van der Waals surface area contributed by atoms with Crippen LogP contribution < -0.4 is 5.73 Å². The SMILES string of the molecule is CCc1nc2ccc(-c3ccc(F)cc3)c(C(CCC(N)=O)C3CC3)c2o1. The molecule has 5 heteroatoms. The van der Waals surface area contributed by atoms with Gasteiger partial charge in [-0.05, 0) is 60.4 Å². The zero-order valence-electron chi connectivity index (χ0n) is 15.4. The fourth-order valence-electron chi connectivity index (χ4n) is 3.87. The Balaban J connectivity index is 1.89. The lowest BCUT2D eigenvalue weighted by Crippen LogP contribution is -2.13. The molecule has 2 N–H and O–H groups in total. The van der Waals surface area contributed by atoms with Crippen molar-refractivity contribution in [3.8, 4) is 11.1 Å². The number of nitrogens with zero attached hydrogens (tertiary/aromatic N) is 1. The molecule has 1 fully saturated rings. The second-order valence-corrected chi connectivity index (χ2v) is 7.29. The Kier molecular flexibility index (Phi) is 4.68. The molecular weight excluding hydrogens is 343 g/mol. The number of hydrogen-bond donors (Lipinski definition) is 1. The number of aromatic nitrogens is 1. The Morgan fingerprint density at radius 1 is 1.26 bits per heavy atom. The number of primary amides is 1. The number of benzene rings is 2. The van der Waals surface area contributed by atoms with Crippen LogP contribution in [-0.2, 0) is 11.2 Å². The van der Waals surface area contributed by atoms with Crippen molar-refractivity contribution in [2.24, 2.45) is 11.7 Å². The van der Waals surface area contributed by atoms with Crippen molar-refractivity contribution in [3.05, 3.63) is 53.7 Å². The zero-order chi connectivity index (χ0) is 19.0. The molecule has 1 aliphatic rings. The van der Waals surface area contributed by atoms with Crippen LogP contribution in [0.25, 0.3) is 22.2 Å². The van der Waals surface area contributed by atoms with Crippen molar-refractivity contribution in [2.45, 2.75) is 44.9 Å². The minimum absolute atomic E-state index is 0.180. The molecule has 1 saturated carbocycles. The molecule has 0 bridgehead atoms. The van der Waals surface area contributed by atoms with Crippen LogP contribution in [-0.4, -0.2) is 10.9 Å². The van der Waals surface area contributed by atoms with Crippen LogP contribution in [0.2, 0.25) is 0 Å². The number of carbonyl (C=O) groups is 1. The predicted octanol–water partition coefficient (Wildman–Crippen LogP) is 4.96. The summed E-state index contributed by atoms with van der Waals surface area (Å²) in [6, 6.07) is 10.5. The van der Waals surface area contributed by atoms with Crippen molar-refractivity contribution in [3.63, 3.8) is 0 Å². The molecule has 4 rings (SSSR count). The van der Waals surface area contributed by atoms with Gasteiger partial charge in [0.1, 0.15) is 11.3 Å². The van der Waals surface area contributed by atoms with E-state index in [1.54, 1.807) is 12.1 Å². The molecule has 2 aromatic carbocycles. The fourth-order valence-corrected chi connectivity index (χ4v) is 3.87. The van der Waals surface area contributed by atoms with Gasteiger partial charge in [-0.2, -0.15) is 0 Å². The Morgan fingerprint density at radius 3 is 2.63 bits per heavy atom. The summed E-state index contributed by atoms with van der Waals surface area (Å²) >= 11 is 0. The first kappa shape index (κ1) is 17.7. The van der Waals surface area contributed by atoms with Crippen LogP contribution in [0.4, 0.5) is 4.39 Å². The highest BCUT2D eigenvalue weighted by molar-refractivity contribution is 5.86. The van der Waals surface area contributed by atoms with Crippen molar-refractivity contribution >= 4 is 17.0 Å². The van der Waals surface area contributed by atoms with Crippen molar-refractivity contribution in [1.29, 1.82) is 0 Å². The number of halogens is 1. The summed E-state index contributed by atoms with van der Waals surface area (Å²) in [5.74, 6) is 0.847. The van der Waals surface area contributed by atoms with E-state index in [9.17, 15) is 9.18 Å². The molecule has 0 aliphatic heterocycles. The van der Waals surface area contributed by atoms with Gasteiger partial charge in [-0.3, -0.25) is 4.79 Å². The summed E-state index contributed by atoms with van der Waals surface area (Å²) in [5.41, 5.74) is 10.1. The van der Waals surface area contributed by atoms with Crippen molar-refractivity contribution in [1.82, 2.24) is 4.98 Å². The molecule has 0 spiro atoms. The molecule has 0 saturated heterocycles. The molecule has 1 aromatic heterocycles. The third-order valence-corrected chi connectivity index (χ3v) is 5.36. The highest BCUT2D eigenvalue weighted by atomic mass is 19.1. The number of nitrogens with two attached hydrogens (primary N) is 1. The van der Waals surface area contributed by atoms with Gasteiger partial charge in [-0.1, -0.05) is 25.1 Å². The molecule has 1 unspecified atom stereocenters. The summed E-state index contributed by atoms with van der Waals surface area (Å²) in [6.07, 6.45) is 4.02. The van der Waals surface area contributed by atoms with E-state index in [-0.39, 0.29) is 17.6 Å². The van der Waals surface area contributed by atoms with Crippen molar-refractivity contribution in [2.75, 3.05) is 0 Å². The number of amides is 1. The summed E-state index contributed by atoms with van der Waals surface area (Å²) < 4.78 is 19.5. The van der Waals surface area contributed by atoms with Gasteiger partial charge >= 0.3 is 0 Å². The summed E-state index contributed by atoms with van der Waals surface area (Å²) in [4.78, 5) is 16.0. The molecule has 1 atom stereocenters. The summed E-state index contributed by atoms with van der Waals surface area (Å²) in [6.45, 7) is 2.01. The number of fused-ring (bicyclic) bond motifs is 1. The van der Waals surface area contributed by atoms with Gasteiger partial charge in [0.05, 0.1) is 0 Å². The zero-order valence-corrected chi connectivity index (χ0v) is 15.4. The fraction of sp³-hybridized carbons (Fsp3) is 0.364. The minimum atomic E-state index is -0.289. The monoisotopic (exact) mass is 366 g/mol. The first-order chi connectivity index (χ1) is 13.1. The summed E-state index contributed by atoms with van der Waals surface area (Å²) in [7, 11) is 0. The van der Waals surface area contributed by atoms with Crippen LogP contribution in [0.15, 0.2) is 40.8 Å². The van der Waals surface area contributed by atoms with Gasteiger partial charge < -0.3 is 10.2 Å². The first-order valence-electron chi connectivity index (χ1n) is 9.53. The number of carbonyl (C=O) groups excluding carboxylic acids is 1. The highest BCUT2D eigenvalue weighted by Crippen LogP contribution is 2.49. The number of rotatable bonds is 7. The van der Waals surface area contributed by atoms with E-state index < -0.39 is 0 Å². The second-order valence-electron chi connectivity index (χ2n) is 7.29.